The minimum Gasteiger partial charge on any atom is -0.479 e. The van der Waals surface area contributed by atoms with Crippen molar-refractivity contribution in [2.24, 2.45) is 5.92 Å². The molecule has 15 nitrogen and oxygen atoms in total. The molecule has 5 N–H and O–H groups in total. The first-order valence-corrected chi connectivity index (χ1v) is 17.4. The van der Waals surface area contributed by atoms with Gasteiger partial charge in [0, 0.05) is 5.39 Å². The maximum absolute atomic E-state index is 14.7. The number of hydrogen-bond donors (Lipinski definition) is 4. The summed E-state index contributed by atoms with van der Waals surface area (Å²) in [6, 6.07) is 20.6. The van der Waals surface area contributed by atoms with Gasteiger partial charge in [-0.2, -0.15) is 15.1 Å². The summed E-state index contributed by atoms with van der Waals surface area (Å²) in [6.45, 7) is 4.37. The third-order valence-electron chi connectivity index (χ3n) is 8.43. The highest BCUT2D eigenvalue weighted by atomic mass is 31.2. The van der Waals surface area contributed by atoms with E-state index in [2.05, 4.69) is 20.0 Å². The molecule has 6 unspecified atom stereocenters. The molecule has 0 amide bonds. The summed E-state index contributed by atoms with van der Waals surface area (Å²) in [6.07, 6.45) is -2.67. The minimum atomic E-state index is -4.46. The normalized spacial score (nSPS) is 22.4. The van der Waals surface area contributed by atoms with E-state index in [0.29, 0.717) is 5.39 Å². The Morgan fingerprint density at radius 2 is 1.82 bits per heavy atom. The maximum atomic E-state index is 14.7. The molecule has 16 heteroatoms. The van der Waals surface area contributed by atoms with Gasteiger partial charge in [-0.15, -0.1) is 0 Å². The molecule has 0 bridgehead atoms. The lowest BCUT2D eigenvalue weighted by Gasteiger charge is -2.28. The number of nitrogens with zero attached hydrogens (tertiary/aromatic N) is 4. The van der Waals surface area contributed by atoms with Crippen molar-refractivity contribution in [2.75, 3.05) is 19.5 Å². The molecule has 50 heavy (non-hydrogen) atoms. The van der Waals surface area contributed by atoms with Crippen LogP contribution in [0.2, 0.25) is 0 Å². The van der Waals surface area contributed by atoms with E-state index in [-0.39, 0.29) is 35.3 Å². The Morgan fingerprint density at radius 1 is 1.10 bits per heavy atom. The van der Waals surface area contributed by atoms with Crippen LogP contribution < -0.4 is 20.1 Å². The Morgan fingerprint density at radius 3 is 2.56 bits per heavy atom. The van der Waals surface area contributed by atoms with E-state index in [0.717, 1.165) is 10.9 Å². The Kier molecular flexibility index (Phi) is 10.1. The molecule has 0 saturated carbocycles. The second-order valence-corrected chi connectivity index (χ2v) is 14.1. The van der Waals surface area contributed by atoms with Crippen molar-refractivity contribution in [3.63, 3.8) is 0 Å². The molecule has 3 heterocycles. The third kappa shape index (κ3) is 7.15. The van der Waals surface area contributed by atoms with Crippen LogP contribution in [0, 0.1) is 5.92 Å². The standard InChI is InChI=1S/C34H39N6O9P/c1-20(2)26(31(42)46-17-21-11-6-5-7-12-21)39-50(44,49-24-16-10-14-22-13-8-9-15-23(22)24)47-18-25-28(41)34(3,43)32(48-25)40-19-36-27-29(40)37-33(35)38-30(27)45-4/h5-16,19-20,25-26,28,32,41,43H,17-18H2,1-4H3,(H,39,44)(H2,35,37,38). The number of nitrogen functional groups attached to an aromatic ring is 1. The fourth-order valence-electron chi connectivity index (χ4n) is 5.73. The predicted octanol–water partition coefficient (Wildman–Crippen LogP) is 4.14. The predicted molar refractivity (Wildman–Crippen MR) is 183 cm³/mol. The number of methoxy groups -OCH3 is 1. The van der Waals surface area contributed by atoms with Crippen LogP contribution in [0.4, 0.5) is 5.95 Å². The molecule has 3 aromatic carbocycles. The summed E-state index contributed by atoms with van der Waals surface area (Å²) >= 11 is 0. The highest BCUT2D eigenvalue weighted by Crippen LogP contribution is 2.49. The van der Waals surface area contributed by atoms with Crippen LogP contribution in [0.15, 0.2) is 79.1 Å². The molecule has 0 radical (unpaired) electrons. The summed E-state index contributed by atoms with van der Waals surface area (Å²) < 4.78 is 45.1. The zero-order valence-corrected chi connectivity index (χ0v) is 28.8. The molecule has 6 rings (SSSR count). The molecule has 6 atom stereocenters. The third-order valence-corrected chi connectivity index (χ3v) is 9.95. The average Bonchev–Trinajstić information content (AvgIpc) is 3.62. The van der Waals surface area contributed by atoms with Crippen LogP contribution in [0.5, 0.6) is 11.6 Å². The molecule has 2 aromatic heterocycles. The highest BCUT2D eigenvalue weighted by molar-refractivity contribution is 7.52. The lowest BCUT2D eigenvalue weighted by atomic mass is 9.96. The number of carbonyl (C=O) groups is 1. The minimum absolute atomic E-state index is 0.00383. The number of nitrogens with one attached hydrogen (secondary N) is 1. The lowest BCUT2D eigenvalue weighted by molar-refractivity contribution is -0.148. The maximum Gasteiger partial charge on any atom is 0.459 e. The van der Waals surface area contributed by atoms with Crippen LogP contribution in [0.1, 0.15) is 32.6 Å². The van der Waals surface area contributed by atoms with E-state index < -0.39 is 56.3 Å². The first kappa shape index (κ1) is 35.2. The zero-order chi connectivity index (χ0) is 35.6. The Balaban J connectivity index is 1.27. The fraction of sp³-hybridized carbons (Fsp3) is 0.353. The van der Waals surface area contributed by atoms with Gasteiger partial charge >= 0.3 is 13.7 Å². The average molecular weight is 707 g/mol. The van der Waals surface area contributed by atoms with Crippen LogP contribution >= 0.6 is 7.75 Å². The fourth-order valence-corrected chi connectivity index (χ4v) is 7.41. The Labute approximate surface area is 287 Å². The number of anilines is 1. The first-order valence-electron chi connectivity index (χ1n) is 15.9. The van der Waals surface area contributed by atoms with Crippen LogP contribution in [0.3, 0.4) is 0 Å². The van der Waals surface area contributed by atoms with Crippen molar-refractivity contribution in [3.8, 4) is 11.6 Å². The van der Waals surface area contributed by atoms with Crippen molar-refractivity contribution in [1.82, 2.24) is 24.6 Å². The smallest absolute Gasteiger partial charge is 0.459 e. The molecule has 1 aliphatic rings. The second kappa shape index (κ2) is 14.3. The number of ether oxygens (including phenoxy) is 3. The number of benzene rings is 3. The number of aliphatic hydroxyl groups is 2. The number of nitrogens with two attached hydrogens (primary N) is 1. The van der Waals surface area contributed by atoms with Crippen molar-refractivity contribution < 1.29 is 42.8 Å². The molecule has 1 saturated heterocycles. The zero-order valence-electron chi connectivity index (χ0n) is 27.9. The Hall–Kier alpha value is -4.63. The van der Waals surface area contributed by atoms with E-state index in [1.165, 1.54) is 24.9 Å². The molecular formula is C34H39N6O9P. The van der Waals surface area contributed by atoms with E-state index in [9.17, 15) is 19.6 Å². The van der Waals surface area contributed by atoms with Gasteiger partial charge in [-0.1, -0.05) is 80.6 Å². The van der Waals surface area contributed by atoms with Gasteiger partial charge in [-0.3, -0.25) is 13.9 Å². The summed E-state index contributed by atoms with van der Waals surface area (Å²) in [5.41, 5.74) is 5.18. The number of carbonyl (C=O) groups excluding carboxylic acids is 1. The molecule has 1 fully saturated rings. The van der Waals surface area contributed by atoms with E-state index >= 15 is 0 Å². The molecule has 5 aromatic rings. The highest BCUT2D eigenvalue weighted by Gasteiger charge is 2.54. The van der Waals surface area contributed by atoms with Gasteiger partial charge in [0.25, 0.3) is 0 Å². The summed E-state index contributed by atoms with van der Waals surface area (Å²) in [4.78, 5) is 25.9. The van der Waals surface area contributed by atoms with Crippen molar-refractivity contribution >= 4 is 41.6 Å². The molecule has 0 aliphatic carbocycles. The van der Waals surface area contributed by atoms with E-state index in [4.69, 9.17) is 29.0 Å². The number of esters is 1. The number of fused-ring (bicyclic) bond motifs is 2. The van der Waals surface area contributed by atoms with Crippen molar-refractivity contribution in [3.05, 3.63) is 84.7 Å². The number of imidazole rings is 1. The number of aromatic nitrogens is 4. The van der Waals surface area contributed by atoms with Crippen molar-refractivity contribution in [2.45, 2.75) is 57.5 Å². The lowest BCUT2D eigenvalue weighted by Crippen LogP contribution is -2.45. The van der Waals surface area contributed by atoms with Crippen LogP contribution in [-0.2, 0) is 30.0 Å². The Bertz CT molecular complexity index is 2020. The second-order valence-electron chi connectivity index (χ2n) is 12.4. The van der Waals surface area contributed by atoms with Gasteiger partial charge in [0.2, 0.25) is 11.8 Å². The summed E-state index contributed by atoms with van der Waals surface area (Å²) in [5.74, 6) is -0.839. The summed E-state index contributed by atoms with van der Waals surface area (Å²) in [5, 5.41) is 27.0. The largest absolute Gasteiger partial charge is 0.479 e. The number of aliphatic hydroxyl groups excluding tert-OH is 1. The quantitative estimate of drug-likeness (QED) is 0.100. The monoisotopic (exact) mass is 706 g/mol. The first-order chi connectivity index (χ1) is 23.9. The van der Waals surface area contributed by atoms with Gasteiger partial charge in [-0.05, 0) is 29.9 Å². The number of hydrogen-bond acceptors (Lipinski definition) is 13. The number of rotatable bonds is 13. The van der Waals surface area contributed by atoms with Crippen molar-refractivity contribution in [1.29, 1.82) is 0 Å². The van der Waals surface area contributed by atoms with Gasteiger partial charge in [-0.25, -0.2) is 9.55 Å². The summed E-state index contributed by atoms with van der Waals surface area (Å²) in [7, 11) is -3.06. The molecular weight excluding hydrogens is 667 g/mol. The van der Waals surface area contributed by atoms with Gasteiger partial charge in [0.15, 0.2) is 17.4 Å². The van der Waals surface area contributed by atoms with Gasteiger partial charge < -0.3 is 34.7 Å². The van der Waals surface area contributed by atoms with Gasteiger partial charge in [0.1, 0.15) is 36.2 Å². The van der Waals surface area contributed by atoms with Crippen LogP contribution in [-0.4, -0.2) is 73.3 Å². The molecule has 1 aliphatic heterocycles. The van der Waals surface area contributed by atoms with E-state index in [1.807, 2.05) is 54.6 Å². The SMILES string of the molecule is COc1nc(N)nc2c1ncn2C1OC(COP(=O)(NC(C(=O)OCc2ccccc2)C(C)C)Oc2cccc3ccccc23)C(O)C1(C)O. The van der Waals surface area contributed by atoms with Gasteiger partial charge in [0.05, 0.1) is 20.0 Å². The molecule has 0 spiro atoms. The van der Waals surface area contributed by atoms with Crippen LogP contribution in [0.25, 0.3) is 21.9 Å². The topological polar surface area (TPSA) is 202 Å². The molecule has 264 valence electrons. The van der Waals surface area contributed by atoms with E-state index in [1.54, 1.807) is 32.0 Å².